The number of amides is 2. The highest BCUT2D eigenvalue weighted by Crippen LogP contribution is 2.25. The highest BCUT2D eigenvalue weighted by Gasteiger charge is 2.19. The fourth-order valence-electron chi connectivity index (χ4n) is 3.19. The summed E-state index contributed by atoms with van der Waals surface area (Å²) in [4.78, 5) is 25.4. The summed E-state index contributed by atoms with van der Waals surface area (Å²) in [5.74, 6) is 0.0406. The maximum Gasteiger partial charge on any atom is 0.265 e. The topological polar surface area (TPSA) is 67.4 Å². The van der Waals surface area contributed by atoms with Gasteiger partial charge in [0.15, 0.2) is 6.10 Å². The number of hydrogen-bond acceptors (Lipinski definition) is 3. The lowest BCUT2D eigenvalue weighted by atomic mass is 9.87. The summed E-state index contributed by atoms with van der Waals surface area (Å²) in [5, 5.41) is 5.71. The molecule has 0 unspecified atom stereocenters. The van der Waals surface area contributed by atoms with Crippen LogP contribution in [-0.2, 0) is 16.8 Å². The molecule has 2 amide bonds. The lowest BCUT2D eigenvalue weighted by Gasteiger charge is -2.20. The molecule has 2 N–H and O–H groups in total. The van der Waals surface area contributed by atoms with E-state index in [1.165, 1.54) is 5.56 Å². The van der Waals surface area contributed by atoms with Crippen LogP contribution in [0.3, 0.4) is 0 Å². The third-order valence-electron chi connectivity index (χ3n) is 5.13. The Morgan fingerprint density at radius 2 is 1.50 bits per heavy atom. The molecule has 0 fully saturated rings. The van der Waals surface area contributed by atoms with Gasteiger partial charge in [-0.3, -0.25) is 9.59 Å². The molecule has 0 heterocycles. The molecule has 0 saturated heterocycles. The van der Waals surface area contributed by atoms with Gasteiger partial charge in [-0.05, 0) is 47.7 Å². The van der Waals surface area contributed by atoms with E-state index < -0.39 is 6.10 Å². The Balaban J connectivity index is 1.62. The van der Waals surface area contributed by atoms with Crippen molar-refractivity contribution in [1.82, 2.24) is 5.32 Å². The predicted molar refractivity (Wildman–Crippen MR) is 128 cm³/mol. The molecule has 3 rings (SSSR count). The van der Waals surface area contributed by atoms with E-state index in [0.29, 0.717) is 23.5 Å². The van der Waals surface area contributed by atoms with Crippen molar-refractivity contribution in [2.24, 2.45) is 0 Å². The Hall–Kier alpha value is -3.60. The van der Waals surface area contributed by atoms with Gasteiger partial charge in [0, 0.05) is 6.54 Å². The molecule has 5 nitrogen and oxygen atoms in total. The largest absolute Gasteiger partial charge is 0.481 e. The number of benzene rings is 3. The van der Waals surface area contributed by atoms with Gasteiger partial charge in [-0.25, -0.2) is 0 Å². The zero-order chi connectivity index (χ0) is 23.1. The maximum atomic E-state index is 12.7. The first-order valence-electron chi connectivity index (χ1n) is 10.7. The number of rotatable bonds is 7. The minimum Gasteiger partial charge on any atom is -0.481 e. The molecular formula is C27H30N2O3. The Morgan fingerprint density at radius 3 is 2.16 bits per heavy atom. The molecule has 0 saturated carbocycles. The van der Waals surface area contributed by atoms with Crippen LogP contribution in [0.25, 0.3) is 0 Å². The van der Waals surface area contributed by atoms with E-state index in [2.05, 4.69) is 31.4 Å². The van der Waals surface area contributed by atoms with Gasteiger partial charge in [-0.1, -0.05) is 75.4 Å². The van der Waals surface area contributed by atoms with Crippen LogP contribution in [0, 0.1) is 0 Å². The van der Waals surface area contributed by atoms with Crippen LogP contribution >= 0.6 is 0 Å². The molecule has 0 aliphatic heterocycles. The van der Waals surface area contributed by atoms with Crippen molar-refractivity contribution < 1.29 is 14.3 Å². The van der Waals surface area contributed by atoms with E-state index >= 15 is 0 Å². The first-order valence-corrected chi connectivity index (χ1v) is 10.7. The summed E-state index contributed by atoms with van der Waals surface area (Å²) in [7, 11) is 0. The number of carbonyl (C=O) groups excluding carboxylic acids is 2. The third-order valence-corrected chi connectivity index (χ3v) is 5.13. The zero-order valence-electron chi connectivity index (χ0n) is 19.0. The summed E-state index contributed by atoms with van der Waals surface area (Å²) in [6.07, 6.45) is -0.726. The van der Waals surface area contributed by atoms with Crippen LogP contribution in [0.4, 0.5) is 5.69 Å². The second-order valence-electron chi connectivity index (χ2n) is 8.74. The minimum absolute atomic E-state index is 0.0479. The van der Waals surface area contributed by atoms with E-state index in [1.54, 1.807) is 31.2 Å². The minimum atomic E-state index is -0.726. The molecule has 0 aliphatic rings. The number of nitrogens with one attached hydrogen (secondary N) is 2. The van der Waals surface area contributed by atoms with Gasteiger partial charge in [0.25, 0.3) is 11.8 Å². The smallest absolute Gasteiger partial charge is 0.265 e. The van der Waals surface area contributed by atoms with Crippen LogP contribution in [0.2, 0.25) is 0 Å². The Morgan fingerprint density at radius 1 is 0.875 bits per heavy atom. The number of anilines is 1. The number of hydrogen-bond donors (Lipinski definition) is 2. The van der Waals surface area contributed by atoms with Crippen molar-refractivity contribution in [1.29, 1.82) is 0 Å². The lowest BCUT2D eigenvalue weighted by molar-refractivity contribution is -0.122. The molecule has 5 heteroatoms. The fraction of sp³-hybridized carbons (Fsp3) is 0.259. The molecule has 0 bridgehead atoms. The summed E-state index contributed by atoms with van der Waals surface area (Å²) >= 11 is 0. The first kappa shape index (κ1) is 23.1. The Labute approximate surface area is 189 Å². The SMILES string of the molecule is C[C@@H](Oc1ccc(C(C)(C)C)cc1)C(=O)Nc1ccccc1C(=O)NCc1ccccc1. The van der Waals surface area contributed by atoms with E-state index in [0.717, 1.165) is 5.56 Å². The van der Waals surface area contributed by atoms with Gasteiger partial charge in [-0.15, -0.1) is 0 Å². The molecule has 0 radical (unpaired) electrons. The average molecular weight is 431 g/mol. The lowest BCUT2D eigenvalue weighted by Crippen LogP contribution is -2.31. The predicted octanol–water partition coefficient (Wildman–Crippen LogP) is 5.32. The first-order chi connectivity index (χ1) is 15.2. The van der Waals surface area contributed by atoms with Crippen LogP contribution in [0.15, 0.2) is 78.9 Å². The summed E-state index contributed by atoms with van der Waals surface area (Å²) in [6.45, 7) is 8.53. The van der Waals surface area contributed by atoms with Gasteiger partial charge in [0.05, 0.1) is 11.3 Å². The van der Waals surface area contributed by atoms with E-state index in [9.17, 15) is 9.59 Å². The highest BCUT2D eigenvalue weighted by atomic mass is 16.5. The van der Waals surface area contributed by atoms with Crippen molar-refractivity contribution in [3.8, 4) is 5.75 Å². The van der Waals surface area contributed by atoms with Crippen molar-refractivity contribution in [3.63, 3.8) is 0 Å². The quantitative estimate of drug-likeness (QED) is 0.533. The number of ether oxygens (including phenoxy) is 1. The van der Waals surface area contributed by atoms with Gasteiger partial charge in [-0.2, -0.15) is 0 Å². The van der Waals surface area contributed by atoms with Crippen LogP contribution in [0.5, 0.6) is 5.75 Å². The monoisotopic (exact) mass is 430 g/mol. The second kappa shape index (κ2) is 10.1. The van der Waals surface area contributed by atoms with Gasteiger partial charge in [0.1, 0.15) is 5.75 Å². The van der Waals surface area contributed by atoms with Crippen molar-refractivity contribution in [2.45, 2.75) is 45.8 Å². The van der Waals surface area contributed by atoms with E-state index in [4.69, 9.17) is 4.74 Å². The van der Waals surface area contributed by atoms with Crippen LogP contribution in [-0.4, -0.2) is 17.9 Å². The van der Waals surface area contributed by atoms with E-state index in [1.807, 2.05) is 54.6 Å². The van der Waals surface area contributed by atoms with Gasteiger partial charge in [0.2, 0.25) is 0 Å². The van der Waals surface area contributed by atoms with Crippen molar-refractivity contribution in [2.75, 3.05) is 5.32 Å². The molecular weight excluding hydrogens is 400 g/mol. The molecule has 166 valence electrons. The normalized spacial score (nSPS) is 12.0. The molecule has 3 aromatic rings. The zero-order valence-corrected chi connectivity index (χ0v) is 19.0. The van der Waals surface area contributed by atoms with Crippen LogP contribution in [0.1, 0.15) is 49.2 Å². The highest BCUT2D eigenvalue weighted by molar-refractivity contribution is 6.04. The molecule has 0 spiro atoms. The Kier molecular flexibility index (Phi) is 7.31. The number of para-hydroxylation sites is 1. The van der Waals surface area contributed by atoms with Gasteiger partial charge >= 0.3 is 0 Å². The molecule has 3 aromatic carbocycles. The summed E-state index contributed by atoms with van der Waals surface area (Å²) in [6, 6.07) is 24.4. The van der Waals surface area contributed by atoms with E-state index in [-0.39, 0.29) is 17.2 Å². The fourth-order valence-corrected chi connectivity index (χ4v) is 3.19. The van der Waals surface area contributed by atoms with Crippen molar-refractivity contribution in [3.05, 3.63) is 95.6 Å². The molecule has 0 aromatic heterocycles. The van der Waals surface area contributed by atoms with Crippen LogP contribution < -0.4 is 15.4 Å². The average Bonchev–Trinajstić information content (AvgIpc) is 2.78. The Bertz CT molecular complexity index is 1050. The summed E-state index contributed by atoms with van der Waals surface area (Å²) in [5.41, 5.74) is 3.09. The maximum absolute atomic E-state index is 12.7. The van der Waals surface area contributed by atoms with Crippen molar-refractivity contribution >= 4 is 17.5 Å². The second-order valence-corrected chi connectivity index (χ2v) is 8.74. The summed E-state index contributed by atoms with van der Waals surface area (Å²) < 4.78 is 5.81. The number of carbonyl (C=O) groups is 2. The van der Waals surface area contributed by atoms with Gasteiger partial charge < -0.3 is 15.4 Å². The molecule has 1 atom stereocenters. The standard InChI is InChI=1S/C27H30N2O3/c1-19(32-22-16-14-21(15-17-22)27(2,3)4)25(30)29-24-13-9-8-12-23(24)26(31)28-18-20-10-6-5-7-11-20/h5-17,19H,18H2,1-4H3,(H,28,31)(H,29,30)/t19-/m1/s1. The third kappa shape index (κ3) is 6.20. The molecule has 32 heavy (non-hydrogen) atoms. The molecule has 0 aliphatic carbocycles.